The van der Waals surface area contributed by atoms with Gasteiger partial charge in [-0.15, -0.1) is 0 Å². The van der Waals surface area contributed by atoms with Crippen molar-refractivity contribution >= 4 is 22.9 Å². The van der Waals surface area contributed by atoms with Gasteiger partial charge in [0.2, 0.25) is 0 Å². The number of carbonyl (C=O) groups excluding carboxylic acids is 1. The average molecular weight is 321 g/mol. The van der Waals surface area contributed by atoms with Crippen molar-refractivity contribution in [1.82, 2.24) is 0 Å². The zero-order valence-corrected chi connectivity index (χ0v) is 12.7. The van der Waals surface area contributed by atoms with Crippen molar-refractivity contribution in [1.29, 1.82) is 0 Å². The van der Waals surface area contributed by atoms with Gasteiger partial charge in [0.1, 0.15) is 18.2 Å². The van der Waals surface area contributed by atoms with Crippen LogP contribution in [-0.4, -0.2) is 25.2 Å². The van der Waals surface area contributed by atoms with Crippen LogP contribution in [0.25, 0.3) is 0 Å². The first-order chi connectivity index (χ1) is 10.7. The molecule has 0 unspecified atom stereocenters. The minimum absolute atomic E-state index is 0.0606. The largest absolute Gasteiger partial charge is 0.489 e. The van der Waals surface area contributed by atoms with Gasteiger partial charge in [0.15, 0.2) is 0 Å². The number of benzene rings is 1. The summed E-state index contributed by atoms with van der Waals surface area (Å²) in [6.45, 7) is 1.14. The normalized spacial score (nSPS) is 17.4. The average Bonchev–Trinajstić information content (AvgIpc) is 3.20. The molecule has 1 fully saturated rings. The minimum atomic E-state index is -0.426. The molecule has 22 heavy (non-hydrogen) atoms. The third-order valence-corrected chi connectivity index (χ3v) is 4.11. The van der Waals surface area contributed by atoms with Gasteiger partial charge in [0.25, 0.3) is 5.91 Å². The number of ether oxygens (including phenoxy) is 2. The highest BCUT2D eigenvalue weighted by Gasteiger charge is 2.18. The highest BCUT2D eigenvalue weighted by atomic mass is 32.1. The van der Waals surface area contributed by atoms with Gasteiger partial charge in [-0.05, 0) is 36.4 Å². The zero-order chi connectivity index (χ0) is 15.4. The molecule has 116 valence electrons. The van der Waals surface area contributed by atoms with Gasteiger partial charge in [-0.25, -0.2) is 4.39 Å². The molecule has 1 N–H and O–H groups in total. The number of hydrogen-bond acceptors (Lipinski definition) is 4. The molecule has 1 atom stereocenters. The summed E-state index contributed by atoms with van der Waals surface area (Å²) in [5, 5.41) is 6.24. The number of halogens is 1. The summed E-state index contributed by atoms with van der Waals surface area (Å²) in [5.74, 6) is -0.264. The lowest BCUT2D eigenvalue weighted by atomic mass is 10.2. The van der Waals surface area contributed by atoms with E-state index in [1.54, 1.807) is 11.4 Å². The van der Waals surface area contributed by atoms with Crippen LogP contribution in [0.3, 0.4) is 0 Å². The molecule has 0 aliphatic carbocycles. The van der Waals surface area contributed by atoms with Crippen molar-refractivity contribution in [2.24, 2.45) is 0 Å². The van der Waals surface area contributed by atoms with Crippen LogP contribution in [0.2, 0.25) is 0 Å². The summed E-state index contributed by atoms with van der Waals surface area (Å²) in [6, 6.07) is 5.81. The lowest BCUT2D eigenvalue weighted by Gasteiger charge is -2.15. The van der Waals surface area contributed by atoms with Crippen LogP contribution in [0.5, 0.6) is 5.75 Å². The second-order valence-electron chi connectivity index (χ2n) is 5.05. The lowest BCUT2D eigenvalue weighted by Crippen LogP contribution is -2.18. The molecule has 1 saturated heterocycles. The molecular weight excluding hydrogens is 305 g/mol. The topological polar surface area (TPSA) is 47.6 Å². The van der Waals surface area contributed by atoms with Crippen LogP contribution in [0, 0.1) is 5.82 Å². The predicted octanol–water partition coefficient (Wildman–Crippen LogP) is 3.70. The second kappa shape index (κ2) is 6.89. The van der Waals surface area contributed by atoms with Gasteiger partial charge < -0.3 is 14.8 Å². The van der Waals surface area contributed by atoms with E-state index in [0.29, 0.717) is 23.6 Å². The Bertz CT molecular complexity index is 639. The Balaban J connectivity index is 1.71. The molecule has 0 saturated carbocycles. The maximum atomic E-state index is 13.5. The highest BCUT2D eigenvalue weighted by Crippen LogP contribution is 2.27. The Morgan fingerprint density at radius 1 is 1.45 bits per heavy atom. The van der Waals surface area contributed by atoms with Gasteiger partial charge in [0, 0.05) is 18.1 Å². The van der Waals surface area contributed by atoms with Crippen molar-refractivity contribution in [3.8, 4) is 5.75 Å². The molecule has 0 spiro atoms. The molecule has 1 aliphatic rings. The Labute approximate surface area is 131 Å². The van der Waals surface area contributed by atoms with Crippen molar-refractivity contribution in [2.45, 2.75) is 18.9 Å². The Hall–Kier alpha value is -1.92. The van der Waals surface area contributed by atoms with Crippen molar-refractivity contribution in [2.75, 3.05) is 18.5 Å². The number of carbonyl (C=O) groups is 1. The van der Waals surface area contributed by atoms with Crippen molar-refractivity contribution in [3.05, 3.63) is 46.4 Å². The number of rotatable bonds is 5. The van der Waals surface area contributed by atoms with E-state index >= 15 is 0 Å². The zero-order valence-electron chi connectivity index (χ0n) is 11.9. The summed E-state index contributed by atoms with van der Waals surface area (Å²) >= 11 is 1.43. The van der Waals surface area contributed by atoms with E-state index in [0.717, 1.165) is 19.4 Å². The van der Waals surface area contributed by atoms with E-state index < -0.39 is 5.82 Å². The fourth-order valence-corrected chi connectivity index (χ4v) is 2.91. The summed E-state index contributed by atoms with van der Waals surface area (Å²) in [7, 11) is 0. The minimum Gasteiger partial charge on any atom is -0.489 e. The summed E-state index contributed by atoms with van der Waals surface area (Å²) < 4.78 is 24.6. The van der Waals surface area contributed by atoms with Crippen LogP contribution in [0.4, 0.5) is 10.1 Å². The third-order valence-electron chi connectivity index (χ3n) is 3.42. The van der Waals surface area contributed by atoms with E-state index in [9.17, 15) is 9.18 Å². The monoisotopic (exact) mass is 321 g/mol. The van der Waals surface area contributed by atoms with Crippen LogP contribution >= 0.6 is 11.3 Å². The number of anilines is 1. The molecule has 0 radical (unpaired) electrons. The van der Waals surface area contributed by atoms with Gasteiger partial charge >= 0.3 is 0 Å². The van der Waals surface area contributed by atoms with E-state index in [4.69, 9.17) is 9.47 Å². The molecule has 4 nitrogen and oxygen atoms in total. The van der Waals surface area contributed by atoms with E-state index in [-0.39, 0.29) is 12.0 Å². The third kappa shape index (κ3) is 3.64. The van der Waals surface area contributed by atoms with Gasteiger partial charge in [-0.1, -0.05) is 0 Å². The molecular formula is C16H16FNO3S. The van der Waals surface area contributed by atoms with Crippen LogP contribution in [0.1, 0.15) is 23.2 Å². The van der Waals surface area contributed by atoms with Crippen molar-refractivity contribution in [3.63, 3.8) is 0 Å². The highest BCUT2D eigenvalue weighted by molar-refractivity contribution is 7.08. The molecule has 2 aromatic rings. The molecule has 3 rings (SSSR count). The fraction of sp³-hybridized carbons (Fsp3) is 0.312. The Kier molecular flexibility index (Phi) is 4.70. The number of nitrogens with one attached hydrogen (secondary N) is 1. The van der Waals surface area contributed by atoms with Crippen LogP contribution in [0.15, 0.2) is 35.0 Å². The maximum Gasteiger partial charge on any atom is 0.256 e. The maximum absolute atomic E-state index is 13.5. The summed E-state index contributed by atoms with van der Waals surface area (Å²) in [5.41, 5.74) is 0.869. The molecule has 1 aromatic heterocycles. The Morgan fingerprint density at radius 3 is 3.09 bits per heavy atom. The molecule has 6 heteroatoms. The van der Waals surface area contributed by atoms with E-state index in [2.05, 4.69) is 5.32 Å². The smallest absolute Gasteiger partial charge is 0.256 e. The molecule has 1 aromatic carbocycles. The van der Waals surface area contributed by atoms with Gasteiger partial charge in [-0.2, -0.15) is 11.3 Å². The van der Waals surface area contributed by atoms with Crippen molar-refractivity contribution < 1.29 is 18.7 Å². The summed E-state index contributed by atoms with van der Waals surface area (Å²) in [6.07, 6.45) is 2.04. The Morgan fingerprint density at radius 2 is 2.36 bits per heavy atom. The number of hydrogen-bond donors (Lipinski definition) is 1. The number of amides is 1. The lowest BCUT2D eigenvalue weighted by molar-refractivity contribution is 0.0681. The summed E-state index contributed by atoms with van der Waals surface area (Å²) in [4.78, 5) is 12.1. The molecule has 0 bridgehead atoms. The SMILES string of the molecule is O=C(Nc1cc(F)ccc1OC[C@@H]1CCCO1)c1ccsc1. The van der Waals surface area contributed by atoms with Gasteiger partial charge in [-0.3, -0.25) is 4.79 Å². The first-order valence-corrected chi connectivity index (χ1v) is 8.04. The van der Waals surface area contributed by atoms with E-state index in [1.807, 2.05) is 5.38 Å². The van der Waals surface area contributed by atoms with E-state index in [1.165, 1.54) is 29.5 Å². The molecule has 1 aliphatic heterocycles. The first-order valence-electron chi connectivity index (χ1n) is 7.10. The van der Waals surface area contributed by atoms with Crippen LogP contribution < -0.4 is 10.1 Å². The van der Waals surface area contributed by atoms with Crippen LogP contribution in [-0.2, 0) is 4.74 Å². The molecule has 2 heterocycles. The number of thiophene rings is 1. The fourth-order valence-electron chi connectivity index (χ4n) is 2.27. The first kappa shape index (κ1) is 15.0. The van der Waals surface area contributed by atoms with Gasteiger partial charge in [0.05, 0.1) is 17.4 Å². The predicted molar refractivity (Wildman–Crippen MR) is 83.1 cm³/mol. The standard InChI is InChI=1S/C16H16FNO3S/c17-12-3-4-15(21-9-13-2-1-6-20-13)14(8-12)18-16(19)11-5-7-22-10-11/h3-5,7-8,10,13H,1-2,6,9H2,(H,18,19)/t13-/m0/s1. The molecule has 1 amide bonds. The second-order valence-corrected chi connectivity index (χ2v) is 5.83. The quantitative estimate of drug-likeness (QED) is 0.913.